The molecule has 1 fully saturated rings. The number of morpholine rings is 1. The van der Waals surface area contributed by atoms with Gasteiger partial charge in [0.1, 0.15) is 5.82 Å². The molecule has 88 valence electrons. The molecule has 2 rings (SSSR count). The molecule has 0 spiro atoms. The molecule has 5 nitrogen and oxygen atoms in total. The Morgan fingerprint density at radius 1 is 1.31 bits per heavy atom. The number of hydrogen-bond donors (Lipinski definition) is 1. The van der Waals surface area contributed by atoms with Crippen LogP contribution in [0.4, 0.5) is 5.82 Å². The van der Waals surface area contributed by atoms with Crippen LogP contribution in [0.15, 0.2) is 18.6 Å². The first-order chi connectivity index (χ1) is 7.95. The zero-order valence-corrected chi connectivity index (χ0v) is 9.43. The lowest BCUT2D eigenvalue weighted by Crippen LogP contribution is -2.37. The molecule has 1 saturated heterocycles. The molecule has 0 atom stereocenters. The molecule has 2 heterocycles. The Labute approximate surface area is 95.8 Å². The third-order valence-corrected chi connectivity index (χ3v) is 2.62. The van der Waals surface area contributed by atoms with Crippen molar-refractivity contribution in [3.05, 3.63) is 18.6 Å². The molecule has 0 unspecified atom stereocenters. The van der Waals surface area contributed by atoms with Crippen molar-refractivity contribution < 1.29 is 4.74 Å². The summed E-state index contributed by atoms with van der Waals surface area (Å²) < 4.78 is 5.30. The predicted octanol–water partition coefficient (Wildman–Crippen LogP) is 0.611. The summed E-state index contributed by atoms with van der Waals surface area (Å²) in [4.78, 5) is 10.6. The molecule has 0 saturated carbocycles. The van der Waals surface area contributed by atoms with Crippen LogP contribution in [0.5, 0.6) is 0 Å². The average Bonchev–Trinajstić information content (AvgIpc) is 2.37. The lowest BCUT2D eigenvalue weighted by atomic mass is 10.3. The number of anilines is 1. The molecule has 0 amide bonds. The summed E-state index contributed by atoms with van der Waals surface area (Å²) in [5.41, 5.74) is 0. The third kappa shape index (κ3) is 3.75. The summed E-state index contributed by atoms with van der Waals surface area (Å²) >= 11 is 0. The minimum absolute atomic E-state index is 0.851. The molecule has 1 aromatic rings. The van der Waals surface area contributed by atoms with Crippen molar-refractivity contribution in [2.24, 2.45) is 0 Å². The van der Waals surface area contributed by atoms with Crippen molar-refractivity contribution in [2.75, 3.05) is 44.7 Å². The van der Waals surface area contributed by atoms with Gasteiger partial charge in [-0.1, -0.05) is 0 Å². The third-order valence-electron chi connectivity index (χ3n) is 2.62. The fourth-order valence-corrected chi connectivity index (χ4v) is 1.73. The van der Waals surface area contributed by atoms with E-state index in [1.54, 1.807) is 18.6 Å². The van der Waals surface area contributed by atoms with Crippen LogP contribution >= 0.6 is 0 Å². The fraction of sp³-hybridized carbons (Fsp3) is 0.636. The summed E-state index contributed by atoms with van der Waals surface area (Å²) in [6.45, 7) is 5.93. The Kier molecular flexibility index (Phi) is 4.51. The van der Waals surface area contributed by atoms with Crippen molar-refractivity contribution in [1.29, 1.82) is 0 Å². The summed E-state index contributed by atoms with van der Waals surface area (Å²) in [6.07, 6.45) is 6.24. The molecule has 0 radical (unpaired) electrons. The predicted molar refractivity (Wildman–Crippen MR) is 62.4 cm³/mol. The second-order valence-electron chi connectivity index (χ2n) is 3.82. The van der Waals surface area contributed by atoms with E-state index >= 15 is 0 Å². The Morgan fingerprint density at radius 2 is 2.19 bits per heavy atom. The van der Waals surface area contributed by atoms with Crippen molar-refractivity contribution in [1.82, 2.24) is 14.9 Å². The van der Waals surface area contributed by atoms with Gasteiger partial charge in [-0.3, -0.25) is 9.88 Å². The van der Waals surface area contributed by atoms with E-state index in [1.165, 1.54) is 0 Å². The van der Waals surface area contributed by atoms with E-state index in [9.17, 15) is 0 Å². The molecule has 1 aliphatic heterocycles. The van der Waals surface area contributed by atoms with Gasteiger partial charge in [-0.05, 0) is 13.0 Å². The Morgan fingerprint density at radius 3 is 2.94 bits per heavy atom. The highest BCUT2D eigenvalue weighted by atomic mass is 16.5. The van der Waals surface area contributed by atoms with Gasteiger partial charge in [-0.25, -0.2) is 4.98 Å². The highest BCUT2D eigenvalue weighted by Crippen LogP contribution is 2.00. The second-order valence-corrected chi connectivity index (χ2v) is 3.82. The smallest absolute Gasteiger partial charge is 0.144 e. The molecule has 0 bridgehead atoms. The van der Waals surface area contributed by atoms with Gasteiger partial charge in [0, 0.05) is 32.0 Å². The van der Waals surface area contributed by atoms with Gasteiger partial charge in [-0.2, -0.15) is 0 Å². The van der Waals surface area contributed by atoms with Crippen LogP contribution in [0.1, 0.15) is 6.42 Å². The number of rotatable bonds is 5. The Bertz CT molecular complexity index is 287. The highest BCUT2D eigenvalue weighted by molar-refractivity contribution is 5.29. The van der Waals surface area contributed by atoms with Gasteiger partial charge in [0.15, 0.2) is 0 Å². The van der Waals surface area contributed by atoms with Gasteiger partial charge >= 0.3 is 0 Å². The Hall–Kier alpha value is -1.20. The standard InChI is InChI=1S/C11H18N4O/c1(5-15-6-8-16-9-7-15)2-13-11-10-12-3-4-14-11/h3-4,10H,1-2,5-9H2,(H,13,14). The van der Waals surface area contributed by atoms with Crippen molar-refractivity contribution in [3.8, 4) is 0 Å². The van der Waals surface area contributed by atoms with E-state index in [0.717, 1.165) is 51.6 Å². The van der Waals surface area contributed by atoms with E-state index in [4.69, 9.17) is 4.74 Å². The second kappa shape index (κ2) is 6.40. The van der Waals surface area contributed by atoms with Crippen LogP contribution in [0, 0.1) is 0 Å². The van der Waals surface area contributed by atoms with Gasteiger partial charge in [0.25, 0.3) is 0 Å². The lowest BCUT2D eigenvalue weighted by Gasteiger charge is -2.26. The molecule has 0 aromatic carbocycles. The summed E-state index contributed by atoms with van der Waals surface area (Å²) in [5, 5.41) is 3.25. The number of ether oxygens (including phenoxy) is 1. The van der Waals surface area contributed by atoms with Crippen LogP contribution in [0.2, 0.25) is 0 Å². The molecule has 1 aliphatic rings. The van der Waals surface area contributed by atoms with E-state index in [0.29, 0.717) is 0 Å². The maximum Gasteiger partial charge on any atom is 0.144 e. The molecule has 1 N–H and O–H groups in total. The van der Waals surface area contributed by atoms with Gasteiger partial charge in [0.05, 0.1) is 19.4 Å². The van der Waals surface area contributed by atoms with Crippen LogP contribution < -0.4 is 5.32 Å². The Balaban J connectivity index is 1.58. The van der Waals surface area contributed by atoms with Crippen LogP contribution in [0.25, 0.3) is 0 Å². The molecule has 1 aromatic heterocycles. The van der Waals surface area contributed by atoms with E-state index < -0.39 is 0 Å². The van der Waals surface area contributed by atoms with Crippen LogP contribution in [-0.4, -0.2) is 54.3 Å². The zero-order chi connectivity index (χ0) is 11.1. The van der Waals surface area contributed by atoms with Crippen LogP contribution in [0.3, 0.4) is 0 Å². The molecule has 0 aliphatic carbocycles. The summed E-state index contributed by atoms with van der Waals surface area (Å²) in [7, 11) is 0. The van der Waals surface area contributed by atoms with Gasteiger partial charge < -0.3 is 10.1 Å². The first-order valence-electron chi connectivity index (χ1n) is 5.75. The van der Waals surface area contributed by atoms with E-state index in [-0.39, 0.29) is 0 Å². The summed E-state index contributed by atoms with van der Waals surface area (Å²) in [5.74, 6) is 0.851. The topological polar surface area (TPSA) is 50.3 Å². The largest absolute Gasteiger partial charge is 0.379 e. The van der Waals surface area contributed by atoms with Gasteiger partial charge in [-0.15, -0.1) is 0 Å². The number of hydrogen-bond acceptors (Lipinski definition) is 5. The zero-order valence-electron chi connectivity index (χ0n) is 9.43. The monoisotopic (exact) mass is 222 g/mol. The normalized spacial score (nSPS) is 17.2. The fourth-order valence-electron chi connectivity index (χ4n) is 1.73. The maximum atomic E-state index is 5.30. The van der Waals surface area contributed by atoms with Crippen LogP contribution in [-0.2, 0) is 4.74 Å². The van der Waals surface area contributed by atoms with Crippen molar-refractivity contribution >= 4 is 5.82 Å². The molecule has 5 heteroatoms. The molecular weight excluding hydrogens is 204 g/mol. The van der Waals surface area contributed by atoms with Crippen molar-refractivity contribution in [2.45, 2.75) is 6.42 Å². The quantitative estimate of drug-likeness (QED) is 0.740. The minimum atomic E-state index is 0.851. The number of nitrogens with one attached hydrogen (secondary N) is 1. The van der Waals surface area contributed by atoms with E-state index in [2.05, 4.69) is 20.2 Å². The van der Waals surface area contributed by atoms with E-state index in [1.807, 2.05) is 0 Å². The number of nitrogens with zero attached hydrogens (tertiary/aromatic N) is 3. The number of aromatic nitrogens is 2. The average molecular weight is 222 g/mol. The summed E-state index contributed by atoms with van der Waals surface area (Å²) in [6, 6.07) is 0. The SMILES string of the molecule is c1cnc(NCCCN2CCOCC2)cn1. The molecule has 16 heavy (non-hydrogen) atoms. The lowest BCUT2D eigenvalue weighted by molar-refractivity contribution is 0.0378. The highest BCUT2D eigenvalue weighted by Gasteiger charge is 2.08. The first-order valence-corrected chi connectivity index (χ1v) is 5.75. The van der Waals surface area contributed by atoms with Gasteiger partial charge in [0.2, 0.25) is 0 Å². The minimum Gasteiger partial charge on any atom is -0.379 e. The first kappa shape index (κ1) is 11.3. The molecular formula is C11H18N4O. The van der Waals surface area contributed by atoms with Crippen molar-refractivity contribution in [3.63, 3.8) is 0 Å². The maximum absolute atomic E-state index is 5.30.